The Balaban J connectivity index is 1.41. The first kappa shape index (κ1) is 24.6. The third-order valence-electron chi connectivity index (χ3n) is 5.96. The van der Waals surface area contributed by atoms with Crippen molar-refractivity contribution in [1.29, 1.82) is 0 Å². The van der Waals surface area contributed by atoms with Crippen LogP contribution in [0.25, 0.3) is 0 Å². The second kappa shape index (κ2) is 11.7. The number of methoxy groups -OCH3 is 1. The minimum Gasteiger partial charge on any atom is -0.497 e. The molecule has 1 aliphatic heterocycles. The Morgan fingerprint density at radius 2 is 1.62 bits per heavy atom. The van der Waals surface area contributed by atoms with Crippen LogP contribution in [0, 0.1) is 0 Å². The standard InChI is InChI=1S/C27H28Cl2N2O3/c1-33-25-10-4-6-21(17-25)26(34-19-20-5-2-8-23(28)15-20)18-30-11-13-31(14-12-30)27(32)22-7-3-9-24(29)16-22/h2-10,15-17,26H,11-14,18-19H2,1H3/t26-/m1/s1. The maximum absolute atomic E-state index is 12.9. The van der Waals surface area contributed by atoms with Crippen molar-refractivity contribution in [3.05, 3.63) is 99.5 Å². The zero-order valence-electron chi connectivity index (χ0n) is 19.1. The number of benzene rings is 3. The second-order valence-electron chi connectivity index (χ2n) is 8.31. The van der Waals surface area contributed by atoms with Crippen molar-refractivity contribution < 1.29 is 14.3 Å². The lowest BCUT2D eigenvalue weighted by Crippen LogP contribution is -2.49. The second-order valence-corrected chi connectivity index (χ2v) is 9.18. The molecule has 0 spiro atoms. The van der Waals surface area contributed by atoms with E-state index in [2.05, 4.69) is 11.0 Å². The first-order valence-electron chi connectivity index (χ1n) is 11.3. The summed E-state index contributed by atoms with van der Waals surface area (Å²) in [7, 11) is 1.66. The van der Waals surface area contributed by atoms with Crippen molar-refractivity contribution in [2.24, 2.45) is 0 Å². The summed E-state index contributed by atoms with van der Waals surface area (Å²) in [6.07, 6.45) is -0.149. The van der Waals surface area contributed by atoms with Gasteiger partial charge in [0.05, 0.1) is 19.8 Å². The maximum atomic E-state index is 12.9. The van der Waals surface area contributed by atoms with Crippen LogP contribution >= 0.6 is 23.2 Å². The lowest BCUT2D eigenvalue weighted by Gasteiger charge is -2.36. The average Bonchev–Trinajstić information content (AvgIpc) is 2.86. The Kier molecular flexibility index (Phi) is 8.46. The molecule has 0 aromatic heterocycles. The van der Waals surface area contributed by atoms with Crippen molar-refractivity contribution in [3.8, 4) is 5.75 Å². The Morgan fingerprint density at radius 3 is 2.32 bits per heavy atom. The highest BCUT2D eigenvalue weighted by Gasteiger charge is 2.25. The number of carbonyl (C=O) groups is 1. The van der Waals surface area contributed by atoms with Crippen LogP contribution in [0.2, 0.25) is 10.0 Å². The predicted molar refractivity (Wildman–Crippen MR) is 136 cm³/mol. The number of ether oxygens (including phenoxy) is 2. The predicted octanol–water partition coefficient (Wildman–Crippen LogP) is 5.72. The lowest BCUT2D eigenvalue weighted by atomic mass is 10.1. The van der Waals surface area contributed by atoms with Gasteiger partial charge in [0.15, 0.2) is 0 Å². The average molecular weight is 499 g/mol. The lowest BCUT2D eigenvalue weighted by molar-refractivity contribution is 0.00333. The fourth-order valence-corrected chi connectivity index (χ4v) is 4.50. The molecular formula is C27H28Cl2N2O3. The third kappa shape index (κ3) is 6.51. The van der Waals surface area contributed by atoms with Gasteiger partial charge in [-0.2, -0.15) is 0 Å². The molecule has 1 aliphatic rings. The molecule has 1 atom stereocenters. The molecule has 0 N–H and O–H groups in total. The van der Waals surface area contributed by atoms with Crippen LogP contribution < -0.4 is 4.74 Å². The van der Waals surface area contributed by atoms with E-state index in [4.69, 9.17) is 32.7 Å². The van der Waals surface area contributed by atoms with E-state index in [1.807, 2.05) is 59.5 Å². The molecule has 34 heavy (non-hydrogen) atoms. The summed E-state index contributed by atoms with van der Waals surface area (Å²) in [5, 5.41) is 1.27. The topological polar surface area (TPSA) is 42.0 Å². The van der Waals surface area contributed by atoms with Crippen LogP contribution in [-0.2, 0) is 11.3 Å². The van der Waals surface area contributed by atoms with Gasteiger partial charge >= 0.3 is 0 Å². The number of piperazine rings is 1. The zero-order chi connectivity index (χ0) is 23.9. The summed E-state index contributed by atoms with van der Waals surface area (Å²) in [6, 6.07) is 22.8. The zero-order valence-corrected chi connectivity index (χ0v) is 20.6. The highest BCUT2D eigenvalue weighted by Crippen LogP contribution is 2.26. The maximum Gasteiger partial charge on any atom is 0.253 e. The van der Waals surface area contributed by atoms with Gasteiger partial charge in [-0.25, -0.2) is 0 Å². The summed E-state index contributed by atoms with van der Waals surface area (Å²) in [5.74, 6) is 0.814. The minimum atomic E-state index is -0.149. The molecule has 7 heteroatoms. The molecule has 3 aromatic rings. The first-order valence-corrected chi connectivity index (χ1v) is 12.0. The Labute approximate surface area is 210 Å². The molecule has 4 rings (SSSR count). The van der Waals surface area contributed by atoms with Gasteiger partial charge in [0.2, 0.25) is 0 Å². The largest absolute Gasteiger partial charge is 0.497 e. The van der Waals surface area contributed by atoms with E-state index in [-0.39, 0.29) is 12.0 Å². The van der Waals surface area contributed by atoms with E-state index in [1.165, 1.54) is 0 Å². The third-order valence-corrected chi connectivity index (χ3v) is 6.43. The monoisotopic (exact) mass is 498 g/mol. The highest BCUT2D eigenvalue weighted by molar-refractivity contribution is 6.31. The van der Waals surface area contributed by atoms with Gasteiger partial charge in [-0.15, -0.1) is 0 Å². The number of rotatable bonds is 8. The van der Waals surface area contributed by atoms with Gasteiger partial charge in [-0.3, -0.25) is 9.69 Å². The number of carbonyl (C=O) groups excluding carboxylic acids is 1. The summed E-state index contributed by atoms with van der Waals surface area (Å²) in [4.78, 5) is 17.1. The van der Waals surface area contributed by atoms with Crippen LogP contribution in [0.15, 0.2) is 72.8 Å². The number of hydrogen-bond donors (Lipinski definition) is 0. The van der Waals surface area contributed by atoms with Crippen LogP contribution in [0.3, 0.4) is 0 Å². The summed E-state index contributed by atoms with van der Waals surface area (Å²) < 4.78 is 11.8. The summed E-state index contributed by atoms with van der Waals surface area (Å²) in [6.45, 7) is 4.03. The van der Waals surface area contributed by atoms with Gasteiger partial charge in [-0.05, 0) is 53.6 Å². The molecule has 1 saturated heterocycles. The number of nitrogens with zero attached hydrogens (tertiary/aromatic N) is 2. The number of hydrogen-bond acceptors (Lipinski definition) is 4. The number of halogens is 2. The van der Waals surface area contributed by atoms with E-state index in [9.17, 15) is 4.79 Å². The number of amides is 1. The van der Waals surface area contributed by atoms with Crippen LogP contribution in [0.5, 0.6) is 5.75 Å². The molecule has 0 saturated carbocycles. The first-order chi connectivity index (χ1) is 16.5. The Morgan fingerprint density at radius 1 is 0.912 bits per heavy atom. The summed E-state index contributed by atoms with van der Waals surface area (Å²) >= 11 is 12.2. The molecule has 0 unspecified atom stereocenters. The van der Waals surface area contributed by atoms with Gasteiger partial charge in [0, 0.05) is 48.3 Å². The highest BCUT2D eigenvalue weighted by atomic mass is 35.5. The smallest absolute Gasteiger partial charge is 0.253 e. The molecule has 1 amide bonds. The van der Waals surface area contributed by atoms with Crippen LogP contribution in [0.1, 0.15) is 27.6 Å². The van der Waals surface area contributed by atoms with Gasteiger partial charge < -0.3 is 14.4 Å². The fraction of sp³-hybridized carbons (Fsp3) is 0.296. The van der Waals surface area contributed by atoms with E-state index in [0.29, 0.717) is 41.8 Å². The van der Waals surface area contributed by atoms with Crippen molar-refractivity contribution in [2.75, 3.05) is 39.8 Å². The van der Waals surface area contributed by atoms with Crippen molar-refractivity contribution in [3.63, 3.8) is 0 Å². The Bertz CT molecular complexity index is 1120. The minimum absolute atomic E-state index is 0.0173. The van der Waals surface area contributed by atoms with Crippen LogP contribution in [0.4, 0.5) is 0 Å². The molecular weight excluding hydrogens is 471 g/mol. The fourth-order valence-electron chi connectivity index (χ4n) is 4.09. The summed E-state index contributed by atoms with van der Waals surface area (Å²) in [5.41, 5.74) is 2.70. The van der Waals surface area contributed by atoms with Crippen molar-refractivity contribution in [2.45, 2.75) is 12.7 Å². The molecule has 1 fully saturated rings. The quantitative estimate of drug-likeness (QED) is 0.398. The molecule has 5 nitrogen and oxygen atoms in total. The SMILES string of the molecule is COc1cccc([C@@H](CN2CCN(C(=O)c3cccc(Cl)c3)CC2)OCc2cccc(Cl)c2)c1. The van der Waals surface area contributed by atoms with Crippen molar-refractivity contribution in [1.82, 2.24) is 9.80 Å². The van der Waals surface area contributed by atoms with E-state index in [0.717, 1.165) is 30.0 Å². The molecule has 0 radical (unpaired) electrons. The molecule has 3 aromatic carbocycles. The van der Waals surface area contributed by atoms with Crippen molar-refractivity contribution >= 4 is 29.1 Å². The molecule has 0 aliphatic carbocycles. The molecule has 1 heterocycles. The van der Waals surface area contributed by atoms with E-state index >= 15 is 0 Å². The van der Waals surface area contributed by atoms with Gasteiger partial charge in [0.1, 0.15) is 5.75 Å². The normalized spacial score (nSPS) is 15.2. The van der Waals surface area contributed by atoms with Crippen LogP contribution in [-0.4, -0.2) is 55.5 Å². The van der Waals surface area contributed by atoms with Gasteiger partial charge in [0.25, 0.3) is 5.91 Å². The molecule has 0 bridgehead atoms. The van der Waals surface area contributed by atoms with E-state index < -0.39 is 0 Å². The van der Waals surface area contributed by atoms with Gasteiger partial charge in [-0.1, -0.05) is 53.5 Å². The Hall–Kier alpha value is -2.57. The van der Waals surface area contributed by atoms with E-state index in [1.54, 1.807) is 19.2 Å². The molecule has 178 valence electrons.